The molecule has 71 heavy (non-hydrogen) atoms. The summed E-state index contributed by atoms with van der Waals surface area (Å²) in [6, 6.07) is 0. The molecule has 0 saturated heterocycles. The minimum absolute atomic E-state index is 0.0446. The van der Waals surface area contributed by atoms with E-state index in [0.717, 1.165) is 122 Å². The van der Waals surface area contributed by atoms with Crippen molar-refractivity contribution in [2.45, 2.75) is 218 Å². The predicted octanol–water partition coefficient (Wildman–Crippen LogP) is 8.67. The van der Waals surface area contributed by atoms with Crippen molar-refractivity contribution in [1.82, 2.24) is 9.80 Å². The molecular formula is C54H100N2O15. The predicted molar refractivity (Wildman–Crippen MR) is 277 cm³/mol. The van der Waals surface area contributed by atoms with E-state index in [1.165, 1.54) is 14.2 Å². The van der Waals surface area contributed by atoms with E-state index in [1.54, 1.807) is 12.2 Å². The van der Waals surface area contributed by atoms with Gasteiger partial charge in [-0.25, -0.2) is 0 Å². The van der Waals surface area contributed by atoms with Crippen LogP contribution in [0.25, 0.3) is 0 Å². The number of allylic oxidation sites excluding steroid dienone is 2. The van der Waals surface area contributed by atoms with E-state index in [-0.39, 0.29) is 56.6 Å². The molecule has 0 saturated carbocycles. The lowest BCUT2D eigenvalue weighted by molar-refractivity contribution is -0.155. The summed E-state index contributed by atoms with van der Waals surface area (Å²) in [5.74, 6) is -2.43. The van der Waals surface area contributed by atoms with Gasteiger partial charge in [0, 0.05) is 51.6 Å². The molecule has 0 aromatic heterocycles. The van der Waals surface area contributed by atoms with Crippen LogP contribution in [0.2, 0.25) is 0 Å². The van der Waals surface area contributed by atoms with Crippen LogP contribution < -0.4 is 0 Å². The fraction of sp³-hybridized carbons (Fsp3) is 0.815. The van der Waals surface area contributed by atoms with Crippen molar-refractivity contribution in [1.29, 1.82) is 0 Å². The van der Waals surface area contributed by atoms with Crippen LogP contribution in [-0.2, 0) is 52.5 Å². The van der Waals surface area contributed by atoms with E-state index in [2.05, 4.69) is 23.3 Å². The summed E-state index contributed by atoms with van der Waals surface area (Å²) in [5.41, 5.74) is 0. The Morgan fingerprint density at radius 3 is 1.23 bits per heavy atom. The monoisotopic (exact) mass is 1020 g/mol. The minimum Gasteiger partial charge on any atom is -0.481 e. The second-order valence-corrected chi connectivity index (χ2v) is 18.3. The number of aliphatic hydroxyl groups excluding tert-OH is 3. The summed E-state index contributed by atoms with van der Waals surface area (Å²) < 4.78 is 25.4. The molecule has 4 unspecified atom stereocenters. The molecule has 0 aromatic rings. The van der Waals surface area contributed by atoms with Gasteiger partial charge in [0.15, 0.2) is 0 Å². The number of ether oxygens (including phenoxy) is 5. The Kier molecular flexibility index (Phi) is 52.7. The summed E-state index contributed by atoms with van der Waals surface area (Å²) in [6.07, 6.45) is 24.9. The zero-order chi connectivity index (χ0) is 53.9. The van der Waals surface area contributed by atoms with Gasteiger partial charge in [0.25, 0.3) is 0 Å². The average Bonchev–Trinajstić information content (AvgIpc) is 3.32. The summed E-state index contributed by atoms with van der Waals surface area (Å²) >= 11 is 0. The van der Waals surface area contributed by atoms with Gasteiger partial charge < -0.3 is 53.9 Å². The summed E-state index contributed by atoms with van der Waals surface area (Å²) in [4.78, 5) is 72.5. The highest BCUT2D eigenvalue weighted by atomic mass is 16.6. The fourth-order valence-corrected chi connectivity index (χ4v) is 6.67. The normalized spacial score (nSPS) is 12.9. The number of likely N-dealkylation sites (N-methyl/N-ethyl adjacent to an activating group) is 2. The topological polar surface area (TPSA) is 236 Å². The van der Waals surface area contributed by atoms with Gasteiger partial charge in [-0.3, -0.25) is 28.8 Å². The Hall–Kier alpha value is -3.90. The molecule has 0 rings (SSSR count). The Bertz CT molecular complexity index is 1370. The number of carbonyl (C=O) groups is 6. The number of nitrogens with zero attached hydrogens (tertiary/aromatic N) is 2. The SMILES string of the molecule is CCCCCC(OC(=O)CCCC(=O)O)C(O)C=CCCCCCCCC(=O)OC.CCCCCC(OC(=O)CCCC(=O)OCCN(C)C)C(O)C=CCCCCCCCC(=O)OC.CN(C)CCO. The first kappa shape index (κ1) is 71.4. The molecule has 0 fully saturated rings. The van der Waals surface area contributed by atoms with Gasteiger partial charge in [0.05, 0.1) is 20.8 Å². The highest BCUT2D eigenvalue weighted by molar-refractivity contribution is 5.73. The van der Waals surface area contributed by atoms with Crippen LogP contribution in [-0.4, -0.2) is 159 Å². The maximum Gasteiger partial charge on any atom is 0.306 e. The van der Waals surface area contributed by atoms with Crippen LogP contribution in [0, 0.1) is 0 Å². The molecular weight excluding hydrogens is 917 g/mol. The van der Waals surface area contributed by atoms with Crippen molar-refractivity contribution in [2.75, 3.05) is 68.7 Å². The van der Waals surface area contributed by atoms with E-state index in [9.17, 15) is 39.0 Å². The quantitative estimate of drug-likeness (QED) is 0.0193. The van der Waals surface area contributed by atoms with Crippen LogP contribution in [0.3, 0.4) is 0 Å². The van der Waals surface area contributed by atoms with Crippen molar-refractivity contribution < 1.29 is 72.9 Å². The standard InChI is InChI=1S/C27H49NO7.C23H40O7.C4H11NO/c1-5-6-12-17-24(35-27(32)20-15-19-26(31)34-22-21-28(2)3)23(29)16-13-10-8-7-9-11-14-18-25(30)33-4;1-3-4-10-15-20(30-23(28)18-13-16-21(25)26)19(24)14-11-8-6-5-7-9-12-17-22(27)29-2;1-5(2)3-4-6/h13,16,23-24,29H,5-12,14-15,17-22H2,1-4H3;11,14,19-20,24H,3-10,12-13,15-18H2,1-2H3,(H,25,26);6H,3-4H2,1-2H3. The highest BCUT2D eigenvalue weighted by Gasteiger charge is 2.22. The van der Waals surface area contributed by atoms with Gasteiger partial charge in [0.2, 0.25) is 0 Å². The van der Waals surface area contributed by atoms with E-state index in [1.807, 2.05) is 50.1 Å². The average molecular weight is 1020 g/mol. The molecule has 4 atom stereocenters. The largest absolute Gasteiger partial charge is 0.481 e. The molecule has 0 aliphatic rings. The molecule has 0 aliphatic carbocycles. The van der Waals surface area contributed by atoms with Crippen LogP contribution in [0.1, 0.15) is 194 Å². The molecule has 4 N–H and O–H groups in total. The number of hydrogen-bond acceptors (Lipinski definition) is 16. The zero-order valence-corrected chi connectivity index (χ0v) is 45.4. The third-order valence-corrected chi connectivity index (χ3v) is 11.0. The Morgan fingerprint density at radius 1 is 0.479 bits per heavy atom. The highest BCUT2D eigenvalue weighted by Crippen LogP contribution is 2.17. The van der Waals surface area contributed by atoms with E-state index < -0.39 is 42.3 Å². The Morgan fingerprint density at radius 2 is 0.859 bits per heavy atom. The van der Waals surface area contributed by atoms with Gasteiger partial charge in [-0.1, -0.05) is 102 Å². The third-order valence-electron chi connectivity index (χ3n) is 11.0. The first-order valence-corrected chi connectivity index (χ1v) is 26.5. The van der Waals surface area contributed by atoms with E-state index in [4.69, 9.17) is 24.4 Å². The molecule has 17 heteroatoms. The smallest absolute Gasteiger partial charge is 0.306 e. The third kappa shape index (κ3) is 53.7. The van der Waals surface area contributed by atoms with Crippen LogP contribution in [0.5, 0.6) is 0 Å². The lowest BCUT2D eigenvalue weighted by Crippen LogP contribution is -2.30. The first-order valence-electron chi connectivity index (χ1n) is 26.5. The Balaban J connectivity index is -0.00000118. The molecule has 0 radical (unpaired) electrons. The van der Waals surface area contributed by atoms with Crippen molar-refractivity contribution in [3.8, 4) is 0 Å². The number of methoxy groups -OCH3 is 2. The van der Waals surface area contributed by atoms with Crippen molar-refractivity contribution in [3.63, 3.8) is 0 Å². The van der Waals surface area contributed by atoms with Crippen molar-refractivity contribution in [2.24, 2.45) is 0 Å². The first-order chi connectivity index (χ1) is 34.0. The number of carboxylic acid groups (broad SMARTS) is 1. The number of unbranched alkanes of at least 4 members (excludes halogenated alkanes) is 14. The number of hydrogen-bond donors (Lipinski definition) is 4. The number of aliphatic hydroxyl groups is 3. The summed E-state index contributed by atoms with van der Waals surface area (Å²) in [7, 11) is 10.5. The lowest BCUT2D eigenvalue weighted by atomic mass is 10.0. The summed E-state index contributed by atoms with van der Waals surface area (Å²) in [5, 5.41) is 37.8. The van der Waals surface area contributed by atoms with Crippen molar-refractivity contribution in [3.05, 3.63) is 24.3 Å². The van der Waals surface area contributed by atoms with Gasteiger partial charge >= 0.3 is 35.8 Å². The van der Waals surface area contributed by atoms with Gasteiger partial charge in [-0.15, -0.1) is 0 Å². The number of esters is 5. The van der Waals surface area contributed by atoms with Gasteiger partial charge in [0.1, 0.15) is 31.0 Å². The number of rotatable bonds is 43. The van der Waals surface area contributed by atoms with Crippen LogP contribution >= 0.6 is 0 Å². The molecule has 0 aliphatic heterocycles. The van der Waals surface area contributed by atoms with Gasteiger partial charge in [-0.05, 0) is 105 Å². The molecule has 17 nitrogen and oxygen atoms in total. The molecule has 0 aromatic carbocycles. The maximum absolute atomic E-state index is 12.3. The lowest BCUT2D eigenvalue weighted by Gasteiger charge is -2.21. The van der Waals surface area contributed by atoms with Crippen molar-refractivity contribution >= 4 is 35.8 Å². The second kappa shape index (κ2) is 52.4. The molecule has 0 bridgehead atoms. The maximum atomic E-state index is 12.3. The Labute approximate surface area is 428 Å². The van der Waals surface area contributed by atoms with Crippen LogP contribution in [0.15, 0.2) is 24.3 Å². The molecule has 416 valence electrons. The second-order valence-electron chi connectivity index (χ2n) is 18.3. The molecule has 0 spiro atoms. The number of carboxylic acids is 1. The van der Waals surface area contributed by atoms with E-state index in [0.29, 0.717) is 45.3 Å². The van der Waals surface area contributed by atoms with E-state index >= 15 is 0 Å². The number of carbonyl (C=O) groups excluding carboxylic acids is 5. The molecule has 0 heterocycles. The number of aliphatic carboxylic acids is 1. The molecule has 0 amide bonds. The van der Waals surface area contributed by atoms with Crippen LogP contribution in [0.4, 0.5) is 0 Å². The zero-order valence-electron chi connectivity index (χ0n) is 45.4. The fourth-order valence-electron chi connectivity index (χ4n) is 6.67. The minimum atomic E-state index is -0.936. The summed E-state index contributed by atoms with van der Waals surface area (Å²) in [6.45, 7) is 6.20. The van der Waals surface area contributed by atoms with Gasteiger partial charge in [-0.2, -0.15) is 0 Å².